The first-order valence-corrected chi connectivity index (χ1v) is 6.95. The highest BCUT2D eigenvalue weighted by Crippen LogP contribution is 2.22. The molecule has 19 heavy (non-hydrogen) atoms. The van der Waals surface area contributed by atoms with E-state index in [1.807, 2.05) is 13.8 Å². The van der Waals surface area contributed by atoms with Crippen LogP contribution in [-0.2, 0) is 13.0 Å². The molecule has 2 rings (SSSR count). The summed E-state index contributed by atoms with van der Waals surface area (Å²) in [6, 6.07) is 0. The van der Waals surface area contributed by atoms with E-state index in [0.717, 1.165) is 17.0 Å². The monoisotopic (exact) mass is 279 g/mol. The Balaban J connectivity index is 2.06. The number of thiazole rings is 1. The van der Waals surface area contributed by atoms with Crippen LogP contribution < -0.4 is 11.1 Å². The van der Waals surface area contributed by atoms with E-state index in [9.17, 15) is 4.79 Å². The Morgan fingerprint density at radius 1 is 1.58 bits per heavy atom. The van der Waals surface area contributed by atoms with E-state index in [1.54, 1.807) is 17.1 Å². The SMILES string of the molecule is CCc1nc(NC(=O)c2cn(CCN)cn2)sc1C. The Labute approximate surface area is 115 Å². The minimum absolute atomic E-state index is 0.243. The molecule has 0 saturated carbocycles. The van der Waals surface area contributed by atoms with Crippen molar-refractivity contribution in [2.24, 2.45) is 5.73 Å². The Bertz CT molecular complexity index is 574. The normalized spacial score (nSPS) is 10.7. The predicted molar refractivity (Wildman–Crippen MR) is 75.5 cm³/mol. The lowest BCUT2D eigenvalue weighted by Crippen LogP contribution is -2.12. The largest absolute Gasteiger partial charge is 0.335 e. The first-order valence-electron chi connectivity index (χ1n) is 6.13. The lowest BCUT2D eigenvalue weighted by Gasteiger charge is -1.98. The number of nitrogens with zero attached hydrogens (tertiary/aromatic N) is 3. The minimum atomic E-state index is -0.243. The Hall–Kier alpha value is -1.73. The van der Waals surface area contributed by atoms with Gasteiger partial charge < -0.3 is 10.3 Å². The molecule has 0 atom stereocenters. The summed E-state index contributed by atoms with van der Waals surface area (Å²) < 4.78 is 1.79. The lowest BCUT2D eigenvalue weighted by atomic mass is 10.3. The van der Waals surface area contributed by atoms with Gasteiger partial charge in [-0.05, 0) is 13.3 Å². The molecule has 102 valence electrons. The molecule has 0 unspecified atom stereocenters. The second kappa shape index (κ2) is 5.94. The maximum atomic E-state index is 12.0. The number of hydrogen-bond donors (Lipinski definition) is 2. The van der Waals surface area contributed by atoms with Gasteiger partial charge in [-0.1, -0.05) is 6.92 Å². The highest BCUT2D eigenvalue weighted by molar-refractivity contribution is 7.15. The van der Waals surface area contributed by atoms with Gasteiger partial charge in [-0.3, -0.25) is 10.1 Å². The number of nitrogens with one attached hydrogen (secondary N) is 1. The predicted octanol–water partition coefficient (Wildman–Crippen LogP) is 1.42. The molecule has 3 N–H and O–H groups in total. The van der Waals surface area contributed by atoms with Crippen molar-refractivity contribution in [1.82, 2.24) is 14.5 Å². The second-order valence-electron chi connectivity index (χ2n) is 4.11. The van der Waals surface area contributed by atoms with Crippen LogP contribution in [0.1, 0.15) is 28.0 Å². The smallest absolute Gasteiger partial charge is 0.277 e. The third kappa shape index (κ3) is 3.18. The highest BCUT2D eigenvalue weighted by Gasteiger charge is 2.13. The molecule has 2 heterocycles. The van der Waals surface area contributed by atoms with Crippen LogP contribution in [0.2, 0.25) is 0 Å². The van der Waals surface area contributed by atoms with Crippen LogP contribution >= 0.6 is 11.3 Å². The van der Waals surface area contributed by atoms with Crippen LogP contribution in [0.4, 0.5) is 5.13 Å². The van der Waals surface area contributed by atoms with Crippen molar-refractivity contribution in [3.8, 4) is 0 Å². The zero-order valence-corrected chi connectivity index (χ0v) is 11.8. The van der Waals surface area contributed by atoms with Gasteiger partial charge in [-0.25, -0.2) is 9.97 Å². The lowest BCUT2D eigenvalue weighted by molar-refractivity contribution is 0.102. The van der Waals surface area contributed by atoms with Gasteiger partial charge in [0, 0.05) is 24.2 Å². The third-order valence-electron chi connectivity index (χ3n) is 2.70. The molecule has 2 aromatic heterocycles. The van der Waals surface area contributed by atoms with Gasteiger partial charge in [-0.2, -0.15) is 0 Å². The van der Waals surface area contributed by atoms with Crippen LogP contribution in [0.25, 0.3) is 0 Å². The summed E-state index contributed by atoms with van der Waals surface area (Å²) in [7, 11) is 0. The Morgan fingerprint density at radius 2 is 2.37 bits per heavy atom. The van der Waals surface area contributed by atoms with Crippen LogP contribution in [-0.4, -0.2) is 27.0 Å². The highest BCUT2D eigenvalue weighted by atomic mass is 32.1. The molecule has 0 aliphatic rings. The van der Waals surface area contributed by atoms with Crippen LogP contribution in [0.15, 0.2) is 12.5 Å². The summed E-state index contributed by atoms with van der Waals surface area (Å²) in [5.74, 6) is -0.243. The van der Waals surface area contributed by atoms with E-state index in [-0.39, 0.29) is 5.91 Å². The third-order valence-corrected chi connectivity index (χ3v) is 3.63. The van der Waals surface area contributed by atoms with Crippen LogP contribution in [0.5, 0.6) is 0 Å². The van der Waals surface area contributed by atoms with Gasteiger partial charge in [0.05, 0.1) is 12.0 Å². The molecule has 2 aromatic rings. The number of aromatic nitrogens is 3. The van der Waals surface area contributed by atoms with Gasteiger partial charge in [0.15, 0.2) is 5.13 Å². The van der Waals surface area contributed by atoms with E-state index in [0.29, 0.717) is 23.9 Å². The van der Waals surface area contributed by atoms with E-state index < -0.39 is 0 Å². The quantitative estimate of drug-likeness (QED) is 0.866. The fourth-order valence-electron chi connectivity index (χ4n) is 1.72. The number of nitrogens with two attached hydrogens (primary N) is 1. The van der Waals surface area contributed by atoms with Crippen molar-refractivity contribution < 1.29 is 4.79 Å². The fraction of sp³-hybridized carbons (Fsp3) is 0.417. The first kappa shape index (κ1) is 13.7. The van der Waals surface area contributed by atoms with E-state index >= 15 is 0 Å². The molecular formula is C12H17N5OS. The fourth-order valence-corrected chi connectivity index (χ4v) is 2.62. The van der Waals surface area contributed by atoms with Gasteiger partial charge in [0.25, 0.3) is 5.91 Å². The standard InChI is InChI=1S/C12H17N5OS/c1-3-9-8(2)19-12(15-9)16-11(18)10-6-17(5-4-13)7-14-10/h6-7H,3-5,13H2,1-2H3,(H,15,16,18). The van der Waals surface area contributed by atoms with Crippen molar-refractivity contribution in [1.29, 1.82) is 0 Å². The Kier molecular flexibility index (Phi) is 4.28. The summed E-state index contributed by atoms with van der Waals surface area (Å²) >= 11 is 1.48. The molecule has 7 heteroatoms. The van der Waals surface area contributed by atoms with Crippen molar-refractivity contribution in [2.75, 3.05) is 11.9 Å². The average molecular weight is 279 g/mol. The molecule has 6 nitrogen and oxygen atoms in total. The van der Waals surface area contributed by atoms with Gasteiger partial charge in [0.2, 0.25) is 0 Å². The van der Waals surface area contributed by atoms with E-state index in [4.69, 9.17) is 5.73 Å². The van der Waals surface area contributed by atoms with Gasteiger partial charge >= 0.3 is 0 Å². The summed E-state index contributed by atoms with van der Waals surface area (Å²) in [5, 5.41) is 3.39. The molecule has 0 aliphatic carbocycles. The zero-order chi connectivity index (χ0) is 13.8. The number of carbonyl (C=O) groups is 1. The molecule has 0 radical (unpaired) electrons. The molecule has 0 bridgehead atoms. The van der Waals surface area contributed by atoms with Crippen molar-refractivity contribution in [3.05, 3.63) is 28.8 Å². The summed E-state index contributed by atoms with van der Waals surface area (Å²) in [4.78, 5) is 21.5. The molecule has 0 aromatic carbocycles. The second-order valence-corrected chi connectivity index (χ2v) is 5.32. The van der Waals surface area contributed by atoms with Gasteiger partial charge in [-0.15, -0.1) is 11.3 Å². The summed E-state index contributed by atoms with van der Waals surface area (Å²) in [6.45, 7) is 5.21. The molecule has 0 aliphatic heterocycles. The number of imidazole rings is 1. The minimum Gasteiger partial charge on any atom is -0.335 e. The number of rotatable bonds is 5. The summed E-state index contributed by atoms with van der Waals surface area (Å²) in [5.41, 5.74) is 6.84. The van der Waals surface area contributed by atoms with Crippen molar-refractivity contribution in [3.63, 3.8) is 0 Å². The molecular weight excluding hydrogens is 262 g/mol. The number of aryl methyl sites for hydroxylation is 2. The van der Waals surface area contributed by atoms with E-state index in [2.05, 4.69) is 15.3 Å². The first-order chi connectivity index (χ1) is 9.13. The van der Waals surface area contributed by atoms with Crippen molar-refractivity contribution in [2.45, 2.75) is 26.8 Å². The van der Waals surface area contributed by atoms with Crippen LogP contribution in [0.3, 0.4) is 0 Å². The molecule has 0 spiro atoms. The molecule has 0 saturated heterocycles. The molecule has 1 amide bonds. The Morgan fingerprint density at radius 3 is 3.00 bits per heavy atom. The maximum absolute atomic E-state index is 12.0. The number of amides is 1. The zero-order valence-electron chi connectivity index (χ0n) is 11.0. The van der Waals surface area contributed by atoms with E-state index in [1.165, 1.54) is 11.3 Å². The molecule has 0 fully saturated rings. The topological polar surface area (TPSA) is 85.8 Å². The van der Waals surface area contributed by atoms with Crippen molar-refractivity contribution >= 4 is 22.4 Å². The maximum Gasteiger partial charge on any atom is 0.277 e. The summed E-state index contributed by atoms with van der Waals surface area (Å²) in [6.07, 6.45) is 4.15. The van der Waals surface area contributed by atoms with Crippen LogP contribution in [0, 0.1) is 6.92 Å². The average Bonchev–Trinajstić information content (AvgIpc) is 2.96. The number of carbonyl (C=O) groups excluding carboxylic acids is 1. The van der Waals surface area contributed by atoms with Gasteiger partial charge in [0.1, 0.15) is 5.69 Å². The number of anilines is 1. The number of hydrogen-bond acceptors (Lipinski definition) is 5.